The molecule has 0 aromatic rings. The van der Waals surface area contributed by atoms with Gasteiger partial charge in [-0.05, 0) is 19.3 Å². The monoisotopic (exact) mass is 213 g/mol. The first kappa shape index (κ1) is 12.0. The van der Waals surface area contributed by atoms with Gasteiger partial charge in [0.1, 0.15) is 6.04 Å². The SMILES string of the molecule is CCC(CN)C(=O)N1CCCC1C(N)=O. The lowest BCUT2D eigenvalue weighted by molar-refractivity contribution is -0.140. The standard InChI is InChI=1S/C10H19N3O2/c1-2-7(6-11)10(15)13-5-3-4-8(13)9(12)14/h7-8H,2-6,11H2,1H3,(H2,12,14). The van der Waals surface area contributed by atoms with Crippen molar-refractivity contribution in [2.24, 2.45) is 17.4 Å². The second-order valence-corrected chi connectivity index (χ2v) is 3.93. The molecule has 4 N–H and O–H groups in total. The molecule has 2 unspecified atom stereocenters. The average molecular weight is 213 g/mol. The fraction of sp³-hybridized carbons (Fsp3) is 0.800. The van der Waals surface area contributed by atoms with Crippen molar-refractivity contribution in [1.82, 2.24) is 4.90 Å². The molecule has 0 bridgehead atoms. The quantitative estimate of drug-likeness (QED) is 0.656. The topological polar surface area (TPSA) is 89.4 Å². The van der Waals surface area contributed by atoms with Crippen LogP contribution in [0, 0.1) is 5.92 Å². The van der Waals surface area contributed by atoms with Gasteiger partial charge in [-0.15, -0.1) is 0 Å². The molecule has 1 aliphatic heterocycles. The first-order valence-electron chi connectivity index (χ1n) is 5.41. The largest absolute Gasteiger partial charge is 0.368 e. The van der Waals surface area contributed by atoms with E-state index in [2.05, 4.69) is 0 Å². The number of carbonyl (C=O) groups excluding carboxylic acids is 2. The van der Waals surface area contributed by atoms with E-state index in [1.54, 1.807) is 4.90 Å². The summed E-state index contributed by atoms with van der Waals surface area (Å²) in [6.45, 7) is 2.88. The molecule has 1 heterocycles. The second-order valence-electron chi connectivity index (χ2n) is 3.93. The number of hydrogen-bond donors (Lipinski definition) is 2. The van der Waals surface area contributed by atoms with Crippen LogP contribution >= 0.6 is 0 Å². The minimum Gasteiger partial charge on any atom is -0.368 e. The summed E-state index contributed by atoms with van der Waals surface area (Å²) in [6.07, 6.45) is 2.24. The highest BCUT2D eigenvalue weighted by molar-refractivity contribution is 5.88. The van der Waals surface area contributed by atoms with Crippen LogP contribution in [0.1, 0.15) is 26.2 Å². The Labute approximate surface area is 89.8 Å². The lowest BCUT2D eigenvalue weighted by Gasteiger charge is -2.26. The first-order valence-corrected chi connectivity index (χ1v) is 5.41. The van der Waals surface area contributed by atoms with Crippen LogP contribution in [0.2, 0.25) is 0 Å². The number of amides is 2. The van der Waals surface area contributed by atoms with Crippen molar-refractivity contribution in [1.29, 1.82) is 0 Å². The zero-order valence-corrected chi connectivity index (χ0v) is 9.11. The molecule has 1 saturated heterocycles. The van der Waals surface area contributed by atoms with Gasteiger partial charge in [0, 0.05) is 13.1 Å². The first-order chi connectivity index (χ1) is 7.11. The molecule has 0 radical (unpaired) electrons. The van der Waals surface area contributed by atoms with Gasteiger partial charge >= 0.3 is 0 Å². The third kappa shape index (κ3) is 2.47. The number of primary amides is 1. The van der Waals surface area contributed by atoms with E-state index in [0.29, 0.717) is 25.9 Å². The Morgan fingerprint density at radius 2 is 2.20 bits per heavy atom. The molecular weight excluding hydrogens is 194 g/mol. The molecular formula is C10H19N3O2. The van der Waals surface area contributed by atoms with E-state index >= 15 is 0 Å². The Morgan fingerprint density at radius 1 is 1.53 bits per heavy atom. The fourth-order valence-corrected chi connectivity index (χ4v) is 2.00. The van der Waals surface area contributed by atoms with Gasteiger partial charge in [-0.2, -0.15) is 0 Å². The van der Waals surface area contributed by atoms with Crippen molar-refractivity contribution in [2.75, 3.05) is 13.1 Å². The van der Waals surface area contributed by atoms with Gasteiger partial charge in [0.05, 0.1) is 5.92 Å². The number of carbonyl (C=O) groups is 2. The molecule has 0 aromatic carbocycles. The maximum atomic E-state index is 12.0. The van der Waals surface area contributed by atoms with Crippen molar-refractivity contribution in [3.63, 3.8) is 0 Å². The summed E-state index contributed by atoms with van der Waals surface area (Å²) in [5, 5.41) is 0. The Bertz CT molecular complexity index is 251. The van der Waals surface area contributed by atoms with Crippen LogP contribution in [0.4, 0.5) is 0 Å². The van der Waals surface area contributed by atoms with E-state index in [-0.39, 0.29) is 11.8 Å². The van der Waals surface area contributed by atoms with Gasteiger partial charge in [0.25, 0.3) is 0 Å². The number of nitrogens with zero attached hydrogens (tertiary/aromatic N) is 1. The number of hydrogen-bond acceptors (Lipinski definition) is 3. The molecule has 0 saturated carbocycles. The zero-order chi connectivity index (χ0) is 11.4. The average Bonchev–Trinajstić information content (AvgIpc) is 2.67. The van der Waals surface area contributed by atoms with Crippen LogP contribution in [0.25, 0.3) is 0 Å². The third-order valence-electron chi connectivity index (χ3n) is 2.99. The molecule has 1 aliphatic rings. The van der Waals surface area contributed by atoms with E-state index in [4.69, 9.17) is 11.5 Å². The Hall–Kier alpha value is -1.10. The Kier molecular flexibility index (Phi) is 4.08. The molecule has 1 rings (SSSR count). The maximum absolute atomic E-state index is 12.0. The second kappa shape index (κ2) is 5.11. The van der Waals surface area contributed by atoms with Gasteiger partial charge in [-0.25, -0.2) is 0 Å². The third-order valence-corrected chi connectivity index (χ3v) is 2.99. The summed E-state index contributed by atoms with van der Waals surface area (Å²) in [4.78, 5) is 24.7. The van der Waals surface area contributed by atoms with Crippen LogP contribution in [0.5, 0.6) is 0 Å². The zero-order valence-electron chi connectivity index (χ0n) is 9.11. The van der Waals surface area contributed by atoms with Crippen LogP contribution in [0.15, 0.2) is 0 Å². The maximum Gasteiger partial charge on any atom is 0.240 e. The molecule has 5 nitrogen and oxygen atoms in total. The summed E-state index contributed by atoms with van der Waals surface area (Å²) >= 11 is 0. The minimum absolute atomic E-state index is 0.0266. The number of rotatable bonds is 4. The highest BCUT2D eigenvalue weighted by Crippen LogP contribution is 2.20. The van der Waals surface area contributed by atoms with E-state index in [1.165, 1.54) is 0 Å². The lowest BCUT2D eigenvalue weighted by Crippen LogP contribution is -2.47. The Morgan fingerprint density at radius 3 is 2.67 bits per heavy atom. The smallest absolute Gasteiger partial charge is 0.240 e. The van der Waals surface area contributed by atoms with Crippen molar-refractivity contribution in [3.05, 3.63) is 0 Å². The van der Waals surface area contributed by atoms with Crippen molar-refractivity contribution < 1.29 is 9.59 Å². The van der Waals surface area contributed by atoms with Crippen molar-refractivity contribution in [2.45, 2.75) is 32.2 Å². The predicted molar refractivity (Wildman–Crippen MR) is 56.8 cm³/mol. The van der Waals surface area contributed by atoms with Crippen LogP contribution < -0.4 is 11.5 Å². The van der Waals surface area contributed by atoms with E-state index in [1.807, 2.05) is 6.92 Å². The van der Waals surface area contributed by atoms with Gasteiger partial charge in [0.2, 0.25) is 11.8 Å². The summed E-state index contributed by atoms with van der Waals surface area (Å²) in [7, 11) is 0. The molecule has 0 aromatic heterocycles. The number of nitrogens with two attached hydrogens (primary N) is 2. The summed E-state index contributed by atoms with van der Waals surface area (Å²) in [6, 6.07) is -0.418. The molecule has 86 valence electrons. The van der Waals surface area contributed by atoms with Crippen molar-refractivity contribution in [3.8, 4) is 0 Å². The molecule has 1 fully saturated rings. The number of likely N-dealkylation sites (tertiary alicyclic amines) is 1. The molecule has 15 heavy (non-hydrogen) atoms. The van der Waals surface area contributed by atoms with E-state index < -0.39 is 11.9 Å². The van der Waals surface area contributed by atoms with Crippen molar-refractivity contribution >= 4 is 11.8 Å². The minimum atomic E-state index is -0.418. The van der Waals surface area contributed by atoms with Gasteiger partial charge in [-0.1, -0.05) is 6.92 Å². The fourth-order valence-electron chi connectivity index (χ4n) is 2.00. The molecule has 0 aliphatic carbocycles. The van der Waals surface area contributed by atoms with Crippen LogP contribution in [-0.2, 0) is 9.59 Å². The normalized spacial score (nSPS) is 22.8. The molecule has 5 heteroatoms. The van der Waals surface area contributed by atoms with Gasteiger partial charge in [0.15, 0.2) is 0 Å². The molecule has 2 amide bonds. The summed E-state index contributed by atoms with van der Waals surface area (Å²) in [5.74, 6) is -0.612. The highest BCUT2D eigenvalue weighted by atomic mass is 16.2. The van der Waals surface area contributed by atoms with Crippen LogP contribution in [0.3, 0.4) is 0 Å². The highest BCUT2D eigenvalue weighted by Gasteiger charge is 2.34. The summed E-state index contributed by atoms with van der Waals surface area (Å²) in [5.41, 5.74) is 10.8. The summed E-state index contributed by atoms with van der Waals surface area (Å²) < 4.78 is 0. The van der Waals surface area contributed by atoms with E-state index in [0.717, 1.165) is 6.42 Å². The van der Waals surface area contributed by atoms with Gasteiger partial charge < -0.3 is 16.4 Å². The van der Waals surface area contributed by atoms with Crippen LogP contribution in [-0.4, -0.2) is 35.8 Å². The van der Waals surface area contributed by atoms with E-state index in [9.17, 15) is 9.59 Å². The Balaban J connectivity index is 2.69. The lowest BCUT2D eigenvalue weighted by atomic mass is 10.0. The molecule has 2 atom stereocenters. The molecule has 0 spiro atoms. The van der Waals surface area contributed by atoms with Gasteiger partial charge in [-0.3, -0.25) is 9.59 Å². The predicted octanol–water partition coefficient (Wildman–Crippen LogP) is -0.552.